The Kier molecular flexibility index (Phi) is 3.66. The maximum absolute atomic E-state index is 11.8. The Bertz CT molecular complexity index is 675. The number of benzene rings is 1. The SMILES string of the molecule is COc1ccc2cc(C[C@H](N)C(C)=O)c(=O)oc2c1. The molecule has 0 radical (unpaired) electrons. The van der Waals surface area contributed by atoms with Gasteiger partial charge in [0, 0.05) is 23.4 Å². The van der Waals surface area contributed by atoms with Crippen LogP contribution in [0.2, 0.25) is 0 Å². The average molecular weight is 261 g/mol. The third-order valence-corrected chi connectivity index (χ3v) is 2.98. The fourth-order valence-corrected chi connectivity index (χ4v) is 1.78. The quantitative estimate of drug-likeness (QED) is 0.838. The minimum atomic E-state index is -0.682. The highest BCUT2D eigenvalue weighted by molar-refractivity contribution is 5.82. The van der Waals surface area contributed by atoms with E-state index >= 15 is 0 Å². The zero-order valence-corrected chi connectivity index (χ0v) is 10.8. The van der Waals surface area contributed by atoms with E-state index in [1.54, 1.807) is 31.4 Å². The van der Waals surface area contributed by atoms with Gasteiger partial charge in [-0.2, -0.15) is 0 Å². The molecule has 1 heterocycles. The van der Waals surface area contributed by atoms with Crippen LogP contribution in [0, 0.1) is 0 Å². The van der Waals surface area contributed by atoms with Gasteiger partial charge in [0.05, 0.1) is 13.2 Å². The molecule has 0 aliphatic heterocycles. The molecule has 0 unspecified atom stereocenters. The van der Waals surface area contributed by atoms with Gasteiger partial charge in [0.2, 0.25) is 0 Å². The summed E-state index contributed by atoms with van der Waals surface area (Å²) in [5.74, 6) is 0.457. The minimum Gasteiger partial charge on any atom is -0.497 e. The number of hydrogen-bond donors (Lipinski definition) is 1. The zero-order chi connectivity index (χ0) is 14.0. The molecule has 0 fully saturated rings. The van der Waals surface area contributed by atoms with Gasteiger partial charge in [-0.05, 0) is 25.1 Å². The van der Waals surface area contributed by atoms with Crippen LogP contribution >= 0.6 is 0 Å². The van der Waals surface area contributed by atoms with Crippen LogP contribution in [0.15, 0.2) is 33.5 Å². The molecule has 0 aliphatic rings. The molecular formula is C14H15NO4. The number of hydrogen-bond acceptors (Lipinski definition) is 5. The number of ether oxygens (including phenoxy) is 1. The standard InChI is InChI=1S/C14H15NO4/c1-8(16)12(15)6-10-5-9-3-4-11(18-2)7-13(9)19-14(10)17/h3-5,7,12H,6,15H2,1-2H3/t12-/m0/s1. The summed E-state index contributed by atoms with van der Waals surface area (Å²) < 4.78 is 10.3. The van der Waals surface area contributed by atoms with Gasteiger partial charge in [-0.15, -0.1) is 0 Å². The molecule has 100 valence electrons. The van der Waals surface area contributed by atoms with Crippen molar-refractivity contribution in [1.29, 1.82) is 0 Å². The Morgan fingerprint density at radius 2 is 2.16 bits per heavy atom. The number of carbonyl (C=O) groups excluding carboxylic acids is 1. The number of methoxy groups -OCH3 is 1. The van der Waals surface area contributed by atoms with E-state index in [1.807, 2.05) is 0 Å². The summed E-state index contributed by atoms with van der Waals surface area (Å²) in [7, 11) is 1.54. The van der Waals surface area contributed by atoms with Gasteiger partial charge in [0.25, 0.3) is 0 Å². The van der Waals surface area contributed by atoms with Gasteiger partial charge in [-0.3, -0.25) is 4.79 Å². The number of ketones is 1. The van der Waals surface area contributed by atoms with Crippen LogP contribution in [0.25, 0.3) is 11.0 Å². The molecule has 0 saturated carbocycles. The Balaban J connectivity index is 2.45. The van der Waals surface area contributed by atoms with Gasteiger partial charge in [-0.25, -0.2) is 4.79 Å². The third-order valence-electron chi connectivity index (χ3n) is 2.98. The number of nitrogens with two attached hydrogens (primary N) is 1. The van der Waals surface area contributed by atoms with E-state index in [-0.39, 0.29) is 12.2 Å². The summed E-state index contributed by atoms with van der Waals surface area (Å²) >= 11 is 0. The van der Waals surface area contributed by atoms with Crippen molar-refractivity contribution in [1.82, 2.24) is 0 Å². The highest BCUT2D eigenvalue weighted by Crippen LogP contribution is 2.20. The molecule has 0 aliphatic carbocycles. The number of fused-ring (bicyclic) bond motifs is 1. The van der Waals surface area contributed by atoms with Gasteiger partial charge in [0.15, 0.2) is 0 Å². The lowest BCUT2D eigenvalue weighted by atomic mass is 10.0. The Morgan fingerprint density at radius 1 is 1.42 bits per heavy atom. The lowest BCUT2D eigenvalue weighted by molar-refractivity contribution is -0.118. The Labute approximate surface area is 110 Å². The van der Waals surface area contributed by atoms with Crippen LogP contribution in [0.1, 0.15) is 12.5 Å². The van der Waals surface area contributed by atoms with E-state index in [0.717, 1.165) is 5.39 Å². The molecule has 19 heavy (non-hydrogen) atoms. The largest absolute Gasteiger partial charge is 0.497 e. The second-order valence-corrected chi connectivity index (χ2v) is 4.38. The monoisotopic (exact) mass is 261 g/mol. The predicted molar refractivity (Wildman–Crippen MR) is 71.4 cm³/mol. The van der Waals surface area contributed by atoms with E-state index in [2.05, 4.69) is 0 Å². The molecule has 5 heteroatoms. The number of Topliss-reactive ketones (excluding diaryl/α,β-unsaturated/α-hetero) is 1. The maximum atomic E-state index is 11.8. The summed E-state index contributed by atoms with van der Waals surface area (Å²) in [6.07, 6.45) is 0.180. The van der Waals surface area contributed by atoms with Crippen LogP contribution < -0.4 is 16.1 Å². The van der Waals surface area contributed by atoms with E-state index in [4.69, 9.17) is 14.9 Å². The van der Waals surface area contributed by atoms with E-state index < -0.39 is 11.7 Å². The predicted octanol–water partition coefficient (Wildman–Crippen LogP) is 1.26. The molecule has 1 aromatic carbocycles. The molecule has 2 rings (SSSR count). The average Bonchev–Trinajstić information content (AvgIpc) is 2.38. The zero-order valence-electron chi connectivity index (χ0n) is 10.8. The van der Waals surface area contributed by atoms with Crippen LogP contribution in [0.4, 0.5) is 0 Å². The van der Waals surface area contributed by atoms with E-state index in [0.29, 0.717) is 16.9 Å². The number of rotatable bonds is 4. The van der Waals surface area contributed by atoms with Crippen molar-refractivity contribution in [3.63, 3.8) is 0 Å². The summed E-state index contributed by atoms with van der Waals surface area (Å²) in [4.78, 5) is 22.9. The highest BCUT2D eigenvalue weighted by atomic mass is 16.5. The van der Waals surface area contributed by atoms with Crippen LogP contribution in [0.3, 0.4) is 0 Å². The molecule has 0 bridgehead atoms. The molecule has 0 amide bonds. The van der Waals surface area contributed by atoms with E-state index in [9.17, 15) is 9.59 Å². The molecule has 2 aromatic rings. The van der Waals surface area contributed by atoms with Crippen molar-refractivity contribution < 1.29 is 13.9 Å². The maximum Gasteiger partial charge on any atom is 0.339 e. The first-order valence-corrected chi connectivity index (χ1v) is 5.88. The molecule has 5 nitrogen and oxygen atoms in total. The van der Waals surface area contributed by atoms with Crippen molar-refractivity contribution in [2.45, 2.75) is 19.4 Å². The first kappa shape index (κ1) is 13.3. The van der Waals surface area contributed by atoms with Crippen LogP contribution in [0.5, 0.6) is 5.75 Å². The molecule has 0 saturated heterocycles. The Morgan fingerprint density at radius 3 is 2.79 bits per heavy atom. The molecular weight excluding hydrogens is 246 g/mol. The summed E-state index contributed by atoms with van der Waals surface area (Å²) in [5, 5.41) is 0.770. The van der Waals surface area contributed by atoms with Crippen molar-refractivity contribution in [2.24, 2.45) is 5.73 Å². The molecule has 1 atom stereocenters. The Hall–Kier alpha value is -2.14. The number of carbonyl (C=O) groups is 1. The second kappa shape index (κ2) is 5.24. The van der Waals surface area contributed by atoms with Gasteiger partial charge in [-0.1, -0.05) is 0 Å². The van der Waals surface area contributed by atoms with Gasteiger partial charge < -0.3 is 14.9 Å². The fraction of sp³-hybridized carbons (Fsp3) is 0.286. The first-order valence-electron chi connectivity index (χ1n) is 5.88. The van der Waals surface area contributed by atoms with Crippen molar-refractivity contribution in [3.05, 3.63) is 40.2 Å². The lowest BCUT2D eigenvalue weighted by Crippen LogP contribution is -2.32. The fourth-order valence-electron chi connectivity index (χ4n) is 1.78. The molecule has 0 spiro atoms. The minimum absolute atomic E-state index is 0.158. The lowest BCUT2D eigenvalue weighted by Gasteiger charge is -2.07. The third kappa shape index (κ3) is 2.82. The van der Waals surface area contributed by atoms with Crippen LogP contribution in [-0.4, -0.2) is 18.9 Å². The van der Waals surface area contributed by atoms with E-state index in [1.165, 1.54) is 6.92 Å². The molecule has 2 N–H and O–H groups in total. The smallest absolute Gasteiger partial charge is 0.339 e. The molecule has 1 aromatic heterocycles. The summed E-state index contributed by atoms with van der Waals surface area (Å²) in [5.41, 5.74) is 6.03. The van der Waals surface area contributed by atoms with Gasteiger partial charge in [0.1, 0.15) is 17.1 Å². The highest BCUT2D eigenvalue weighted by Gasteiger charge is 2.13. The van der Waals surface area contributed by atoms with Crippen LogP contribution in [-0.2, 0) is 11.2 Å². The second-order valence-electron chi connectivity index (χ2n) is 4.38. The summed E-state index contributed by atoms with van der Waals surface area (Å²) in [6.45, 7) is 1.40. The van der Waals surface area contributed by atoms with Crippen molar-refractivity contribution in [2.75, 3.05) is 7.11 Å². The van der Waals surface area contributed by atoms with Gasteiger partial charge >= 0.3 is 5.63 Å². The van der Waals surface area contributed by atoms with Crippen molar-refractivity contribution >= 4 is 16.8 Å². The topological polar surface area (TPSA) is 82.5 Å². The first-order chi connectivity index (χ1) is 9.01. The van der Waals surface area contributed by atoms with Crippen molar-refractivity contribution in [3.8, 4) is 5.75 Å². The summed E-state index contributed by atoms with van der Waals surface area (Å²) in [6, 6.07) is 6.23. The normalized spacial score (nSPS) is 12.4.